The van der Waals surface area contributed by atoms with Crippen LogP contribution in [0.15, 0.2) is 0 Å². The maximum atomic E-state index is 12.5. The van der Waals surface area contributed by atoms with E-state index in [2.05, 4.69) is 0 Å². The van der Waals surface area contributed by atoms with Crippen LogP contribution in [0.5, 0.6) is 0 Å². The average molecular weight is 298 g/mol. The van der Waals surface area contributed by atoms with Crippen molar-refractivity contribution >= 4 is 18.0 Å². The number of carbonyl (C=O) groups is 3. The molecule has 0 saturated carbocycles. The van der Waals surface area contributed by atoms with Crippen LogP contribution in [-0.2, 0) is 14.3 Å². The molecule has 21 heavy (non-hydrogen) atoms. The van der Waals surface area contributed by atoms with Crippen LogP contribution in [0.25, 0.3) is 0 Å². The van der Waals surface area contributed by atoms with Crippen molar-refractivity contribution in [1.82, 2.24) is 9.80 Å². The maximum Gasteiger partial charge on any atom is 0.326 e. The van der Waals surface area contributed by atoms with Crippen LogP contribution in [-0.4, -0.2) is 65.2 Å². The summed E-state index contributed by atoms with van der Waals surface area (Å²) in [5, 5.41) is 9.15. The lowest BCUT2D eigenvalue weighted by Gasteiger charge is -2.35. The fourth-order valence-electron chi connectivity index (χ4n) is 3.04. The number of aliphatic carboxylic acids is 1. The molecule has 2 rings (SSSR count). The molecule has 0 bridgehead atoms. The molecule has 0 radical (unpaired) electrons. The predicted octanol–water partition coefficient (Wildman–Crippen LogP) is 0.931. The average Bonchev–Trinajstić information content (AvgIpc) is 2.96. The highest BCUT2D eigenvalue weighted by Crippen LogP contribution is 2.23. The van der Waals surface area contributed by atoms with Gasteiger partial charge in [-0.25, -0.2) is 9.59 Å². The minimum Gasteiger partial charge on any atom is -0.480 e. The molecule has 0 aromatic carbocycles. The number of nitrogens with zero attached hydrogens (tertiary/aromatic N) is 2. The lowest BCUT2D eigenvalue weighted by molar-refractivity contribution is -0.149. The van der Waals surface area contributed by atoms with Gasteiger partial charge in [0.1, 0.15) is 6.04 Å². The third kappa shape index (κ3) is 3.46. The van der Waals surface area contributed by atoms with Crippen molar-refractivity contribution in [2.75, 3.05) is 26.2 Å². The first-order valence-corrected chi connectivity index (χ1v) is 7.49. The molecule has 1 unspecified atom stereocenters. The number of carboxylic acids is 1. The lowest BCUT2D eigenvalue weighted by atomic mass is 9.98. The maximum absolute atomic E-state index is 12.5. The minimum atomic E-state index is -0.959. The number of ether oxygens (including phenoxy) is 1. The summed E-state index contributed by atoms with van der Waals surface area (Å²) in [6.45, 7) is 3.44. The molecule has 2 fully saturated rings. The smallest absolute Gasteiger partial charge is 0.326 e. The van der Waals surface area contributed by atoms with Crippen molar-refractivity contribution < 1.29 is 24.2 Å². The van der Waals surface area contributed by atoms with Gasteiger partial charge in [-0.15, -0.1) is 0 Å². The van der Waals surface area contributed by atoms with E-state index in [1.165, 1.54) is 4.90 Å². The van der Waals surface area contributed by atoms with Crippen LogP contribution < -0.4 is 0 Å². The largest absolute Gasteiger partial charge is 0.480 e. The Bertz CT molecular complexity index is 426. The molecule has 7 nitrogen and oxygen atoms in total. The normalized spacial score (nSPS) is 25.8. The minimum absolute atomic E-state index is 0.270. The van der Waals surface area contributed by atoms with E-state index >= 15 is 0 Å². The SMILES string of the molecule is CCOC(=O)C1CCCN(C(=O)N2CCC[C@@H]2C(=O)O)C1. The van der Waals surface area contributed by atoms with E-state index < -0.39 is 12.0 Å². The molecule has 7 heteroatoms. The number of carboxylic acid groups (broad SMARTS) is 1. The first-order valence-electron chi connectivity index (χ1n) is 7.49. The van der Waals surface area contributed by atoms with Crippen molar-refractivity contribution in [3.8, 4) is 0 Å². The molecule has 2 heterocycles. The second-order valence-electron chi connectivity index (χ2n) is 5.51. The van der Waals surface area contributed by atoms with Gasteiger partial charge in [0.2, 0.25) is 0 Å². The number of esters is 1. The molecule has 2 saturated heterocycles. The Morgan fingerprint density at radius 3 is 2.57 bits per heavy atom. The van der Waals surface area contributed by atoms with Crippen LogP contribution in [0.1, 0.15) is 32.6 Å². The Hall–Kier alpha value is -1.79. The zero-order valence-corrected chi connectivity index (χ0v) is 12.3. The van der Waals surface area contributed by atoms with E-state index in [1.807, 2.05) is 0 Å². The monoisotopic (exact) mass is 298 g/mol. The number of piperidine rings is 1. The zero-order chi connectivity index (χ0) is 15.4. The third-order valence-electron chi connectivity index (χ3n) is 4.10. The number of amides is 2. The fourth-order valence-corrected chi connectivity index (χ4v) is 3.04. The Morgan fingerprint density at radius 1 is 1.19 bits per heavy atom. The molecule has 2 amide bonds. The van der Waals surface area contributed by atoms with Crippen molar-refractivity contribution in [3.05, 3.63) is 0 Å². The van der Waals surface area contributed by atoms with E-state index in [1.54, 1.807) is 11.8 Å². The molecule has 2 aliphatic heterocycles. The highest BCUT2D eigenvalue weighted by molar-refractivity contribution is 5.84. The van der Waals surface area contributed by atoms with Crippen molar-refractivity contribution in [2.45, 2.75) is 38.6 Å². The summed E-state index contributed by atoms with van der Waals surface area (Å²) in [4.78, 5) is 38.4. The van der Waals surface area contributed by atoms with E-state index in [4.69, 9.17) is 9.84 Å². The molecule has 0 aromatic heterocycles. The van der Waals surface area contributed by atoms with Crippen molar-refractivity contribution in [2.24, 2.45) is 5.92 Å². The molecule has 2 aliphatic rings. The summed E-state index contributed by atoms with van der Waals surface area (Å²) < 4.78 is 5.01. The third-order valence-corrected chi connectivity index (χ3v) is 4.10. The summed E-state index contributed by atoms with van der Waals surface area (Å²) in [6.07, 6.45) is 2.65. The van der Waals surface area contributed by atoms with Gasteiger partial charge in [0.05, 0.1) is 12.5 Å². The van der Waals surface area contributed by atoms with Crippen LogP contribution in [0.4, 0.5) is 4.79 Å². The van der Waals surface area contributed by atoms with Crippen LogP contribution in [0.3, 0.4) is 0 Å². The summed E-state index contributed by atoms with van der Waals surface area (Å²) in [5.41, 5.74) is 0. The number of urea groups is 1. The summed E-state index contributed by atoms with van der Waals surface area (Å²) in [7, 11) is 0. The van der Waals surface area contributed by atoms with E-state index in [0.29, 0.717) is 45.5 Å². The van der Waals surface area contributed by atoms with Gasteiger partial charge in [-0.3, -0.25) is 4.79 Å². The molecule has 0 aromatic rings. The standard InChI is InChI=1S/C14H22N2O5/c1-2-21-13(19)10-5-3-7-15(9-10)14(20)16-8-4-6-11(16)12(17)18/h10-11H,2-9H2,1H3,(H,17,18)/t10?,11-/m1/s1. The first kappa shape index (κ1) is 15.6. The van der Waals surface area contributed by atoms with Crippen LogP contribution in [0.2, 0.25) is 0 Å². The van der Waals surface area contributed by atoms with E-state index in [0.717, 1.165) is 6.42 Å². The van der Waals surface area contributed by atoms with Gasteiger partial charge >= 0.3 is 18.0 Å². The van der Waals surface area contributed by atoms with Gasteiger partial charge in [0.25, 0.3) is 0 Å². The van der Waals surface area contributed by atoms with E-state index in [9.17, 15) is 14.4 Å². The van der Waals surface area contributed by atoms with Gasteiger partial charge in [-0.1, -0.05) is 0 Å². The van der Waals surface area contributed by atoms with Gasteiger partial charge in [0, 0.05) is 19.6 Å². The zero-order valence-electron chi connectivity index (χ0n) is 12.3. The number of hydrogen-bond donors (Lipinski definition) is 1. The lowest BCUT2D eigenvalue weighted by Crippen LogP contribution is -2.51. The first-order chi connectivity index (χ1) is 10.0. The van der Waals surface area contributed by atoms with Gasteiger partial charge in [-0.2, -0.15) is 0 Å². The summed E-state index contributed by atoms with van der Waals surface area (Å²) >= 11 is 0. The number of carbonyl (C=O) groups excluding carboxylic acids is 2. The predicted molar refractivity (Wildman–Crippen MR) is 73.7 cm³/mol. The summed E-state index contributed by atoms with van der Waals surface area (Å²) in [5.74, 6) is -1.53. The summed E-state index contributed by atoms with van der Waals surface area (Å²) in [6, 6.07) is -1.01. The molecular formula is C14H22N2O5. The van der Waals surface area contributed by atoms with Crippen LogP contribution >= 0.6 is 0 Å². The molecule has 0 aliphatic carbocycles. The second-order valence-corrected chi connectivity index (χ2v) is 5.51. The quantitative estimate of drug-likeness (QED) is 0.783. The second kappa shape index (κ2) is 6.78. The van der Waals surface area contributed by atoms with E-state index in [-0.39, 0.29) is 17.9 Å². The Balaban J connectivity index is 1.98. The van der Waals surface area contributed by atoms with Crippen LogP contribution in [0, 0.1) is 5.92 Å². The Morgan fingerprint density at radius 2 is 1.90 bits per heavy atom. The van der Waals surface area contributed by atoms with Gasteiger partial charge in [-0.05, 0) is 32.6 Å². The molecule has 118 valence electrons. The molecular weight excluding hydrogens is 276 g/mol. The van der Waals surface area contributed by atoms with Crippen molar-refractivity contribution in [3.63, 3.8) is 0 Å². The number of likely N-dealkylation sites (tertiary alicyclic amines) is 2. The Kier molecular flexibility index (Phi) is 5.03. The Labute approximate surface area is 123 Å². The molecule has 0 spiro atoms. The number of hydrogen-bond acceptors (Lipinski definition) is 4. The highest BCUT2D eigenvalue weighted by Gasteiger charge is 2.38. The topological polar surface area (TPSA) is 87.2 Å². The molecule has 1 N–H and O–H groups in total. The van der Waals surface area contributed by atoms with Gasteiger partial charge in [0.15, 0.2) is 0 Å². The van der Waals surface area contributed by atoms with Crippen molar-refractivity contribution in [1.29, 1.82) is 0 Å². The highest BCUT2D eigenvalue weighted by atomic mass is 16.5. The molecule has 2 atom stereocenters. The number of rotatable bonds is 3. The van der Waals surface area contributed by atoms with Gasteiger partial charge < -0.3 is 19.6 Å². The fraction of sp³-hybridized carbons (Fsp3) is 0.786.